The molecular formula is C13H13N3O. The lowest BCUT2D eigenvalue weighted by Gasteiger charge is -2.11. The molecule has 0 aliphatic heterocycles. The van der Waals surface area contributed by atoms with Crippen LogP contribution in [-0.4, -0.2) is 4.57 Å². The molecule has 0 saturated heterocycles. The van der Waals surface area contributed by atoms with Gasteiger partial charge < -0.3 is 10.3 Å². The van der Waals surface area contributed by atoms with Crippen LogP contribution >= 0.6 is 0 Å². The van der Waals surface area contributed by atoms with Gasteiger partial charge in [0.2, 0.25) is 0 Å². The Labute approximate surface area is 98.9 Å². The lowest BCUT2D eigenvalue weighted by Crippen LogP contribution is -2.27. The average Bonchev–Trinajstić information content (AvgIpc) is 2.37. The van der Waals surface area contributed by atoms with E-state index in [0.29, 0.717) is 12.1 Å². The van der Waals surface area contributed by atoms with Crippen LogP contribution in [0.2, 0.25) is 0 Å². The number of nitriles is 1. The molecule has 2 aromatic rings. The normalized spacial score (nSPS) is 12.3. The SMILES string of the molecule is CCn1c(=O)c([C@@H](N)C#N)cc2ccccc21. The molecule has 1 aromatic heterocycles. The highest BCUT2D eigenvalue weighted by Crippen LogP contribution is 2.15. The summed E-state index contributed by atoms with van der Waals surface area (Å²) in [5.41, 5.74) is 6.68. The molecule has 1 heterocycles. The molecule has 1 atom stereocenters. The number of para-hydroxylation sites is 1. The van der Waals surface area contributed by atoms with E-state index in [1.54, 1.807) is 10.6 Å². The van der Waals surface area contributed by atoms with Gasteiger partial charge in [-0.05, 0) is 24.4 Å². The quantitative estimate of drug-likeness (QED) is 0.845. The number of hydrogen-bond acceptors (Lipinski definition) is 3. The van der Waals surface area contributed by atoms with Gasteiger partial charge in [0.1, 0.15) is 6.04 Å². The van der Waals surface area contributed by atoms with E-state index < -0.39 is 6.04 Å². The second-order valence-corrected chi connectivity index (χ2v) is 3.81. The Morgan fingerprint density at radius 3 is 2.82 bits per heavy atom. The Hall–Kier alpha value is -2.12. The van der Waals surface area contributed by atoms with Gasteiger partial charge in [0.15, 0.2) is 0 Å². The average molecular weight is 227 g/mol. The molecule has 0 saturated carbocycles. The predicted molar refractivity (Wildman–Crippen MR) is 66.4 cm³/mol. The van der Waals surface area contributed by atoms with E-state index in [0.717, 1.165) is 10.9 Å². The zero-order valence-electron chi connectivity index (χ0n) is 9.55. The summed E-state index contributed by atoms with van der Waals surface area (Å²) in [5.74, 6) is 0. The minimum absolute atomic E-state index is 0.180. The number of pyridine rings is 1. The summed E-state index contributed by atoms with van der Waals surface area (Å²) in [6, 6.07) is 10.3. The number of fused-ring (bicyclic) bond motifs is 1. The van der Waals surface area contributed by atoms with Crippen molar-refractivity contribution in [2.75, 3.05) is 0 Å². The first-order valence-corrected chi connectivity index (χ1v) is 5.46. The van der Waals surface area contributed by atoms with E-state index in [-0.39, 0.29) is 5.56 Å². The van der Waals surface area contributed by atoms with Crippen LogP contribution in [0.3, 0.4) is 0 Å². The molecule has 0 aliphatic carbocycles. The van der Waals surface area contributed by atoms with Crippen molar-refractivity contribution >= 4 is 10.9 Å². The fourth-order valence-corrected chi connectivity index (χ4v) is 1.96. The molecule has 17 heavy (non-hydrogen) atoms. The molecule has 0 bridgehead atoms. The molecule has 0 aliphatic rings. The van der Waals surface area contributed by atoms with Crippen molar-refractivity contribution in [3.05, 3.63) is 46.2 Å². The van der Waals surface area contributed by atoms with E-state index in [4.69, 9.17) is 11.0 Å². The Bertz CT molecular complexity index is 652. The Morgan fingerprint density at radius 1 is 1.47 bits per heavy atom. The number of hydrogen-bond donors (Lipinski definition) is 1. The van der Waals surface area contributed by atoms with Gasteiger partial charge in [-0.1, -0.05) is 18.2 Å². The summed E-state index contributed by atoms with van der Waals surface area (Å²) in [6.45, 7) is 2.46. The third-order valence-corrected chi connectivity index (χ3v) is 2.82. The van der Waals surface area contributed by atoms with Gasteiger partial charge in [-0.15, -0.1) is 0 Å². The van der Waals surface area contributed by atoms with Crippen LogP contribution in [0.15, 0.2) is 35.1 Å². The second-order valence-electron chi connectivity index (χ2n) is 3.81. The molecule has 1 aromatic carbocycles. The largest absolute Gasteiger partial charge is 0.312 e. The molecule has 0 fully saturated rings. The number of rotatable bonds is 2. The summed E-state index contributed by atoms with van der Waals surface area (Å²) in [4.78, 5) is 12.1. The van der Waals surface area contributed by atoms with Crippen LogP contribution < -0.4 is 11.3 Å². The molecular weight excluding hydrogens is 214 g/mol. The zero-order valence-corrected chi connectivity index (χ0v) is 9.55. The number of aryl methyl sites for hydroxylation is 1. The molecule has 4 nitrogen and oxygen atoms in total. The molecule has 86 valence electrons. The number of benzene rings is 1. The number of aromatic nitrogens is 1. The molecule has 0 spiro atoms. The standard InChI is InChI=1S/C13H13N3O/c1-2-16-12-6-4-3-5-9(12)7-10(13(16)17)11(15)8-14/h3-7,11H,2,15H2,1H3/t11-/m0/s1. The van der Waals surface area contributed by atoms with Crippen molar-refractivity contribution in [3.63, 3.8) is 0 Å². The van der Waals surface area contributed by atoms with Crippen LogP contribution in [0, 0.1) is 11.3 Å². The molecule has 0 unspecified atom stereocenters. The van der Waals surface area contributed by atoms with Gasteiger partial charge in [-0.3, -0.25) is 4.79 Å². The fourth-order valence-electron chi connectivity index (χ4n) is 1.96. The van der Waals surface area contributed by atoms with Crippen molar-refractivity contribution in [3.8, 4) is 6.07 Å². The van der Waals surface area contributed by atoms with Crippen LogP contribution in [0.25, 0.3) is 10.9 Å². The van der Waals surface area contributed by atoms with Gasteiger partial charge in [-0.2, -0.15) is 5.26 Å². The minimum atomic E-state index is -0.870. The Balaban J connectivity index is 2.86. The van der Waals surface area contributed by atoms with E-state index in [2.05, 4.69) is 0 Å². The Morgan fingerprint density at radius 2 is 2.18 bits per heavy atom. The second kappa shape index (κ2) is 4.40. The van der Waals surface area contributed by atoms with Crippen molar-refractivity contribution in [2.45, 2.75) is 19.5 Å². The molecule has 0 amide bonds. The highest BCUT2D eigenvalue weighted by Gasteiger charge is 2.13. The van der Waals surface area contributed by atoms with Crippen molar-refractivity contribution in [1.29, 1.82) is 5.26 Å². The first-order valence-electron chi connectivity index (χ1n) is 5.46. The summed E-state index contributed by atoms with van der Waals surface area (Å²) in [5, 5.41) is 9.75. The molecule has 4 heteroatoms. The summed E-state index contributed by atoms with van der Waals surface area (Å²) in [7, 11) is 0. The maximum atomic E-state index is 12.1. The van der Waals surface area contributed by atoms with Gasteiger partial charge >= 0.3 is 0 Å². The summed E-state index contributed by atoms with van der Waals surface area (Å²) < 4.78 is 1.64. The summed E-state index contributed by atoms with van der Waals surface area (Å²) in [6.07, 6.45) is 0. The van der Waals surface area contributed by atoms with Gasteiger partial charge in [0.05, 0.1) is 11.6 Å². The first kappa shape index (κ1) is 11.4. The predicted octanol–water partition coefficient (Wildman–Crippen LogP) is 1.54. The maximum Gasteiger partial charge on any atom is 0.256 e. The third-order valence-electron chi connectivity index (χ3n) is 2.82. The number of nitrogens with two attached hydrogens (primary N) is 1. The topological polar surface area (TPSA) is 71.8 Å². The fraction of sp³-hybridized carbons (Fsp3) is 0.231. The van der Waals surface area contributed by atoms with Crippen LogP contribution in [0.4, 0.5) is 0 Å². The van der Waals surface area contributed by atoms with E-state index >= 15 is 0 Å². The zero-order chi connectivity index (χ0) is 12.4. The van der Waals surface area contributed by atoms with E-state index in [1.807, 2.05) is 37.3 Å². The summed E-state index contributed by atoms with van der Waals surface area (Å²) >= 11 is 0. The van der Waals surface area contributed by atoms with Gasteiger partial charge in [0, 0.05) is 12.1 Å². The third kappa shape index (κ3) is 1.81. The highest BCUT2D eigenvalue weighted by atomic mass is 16.1. The molecule has 2 rings (SSSR count). The van der Waals surface area contributed by atoms with E-state index in [1.165, 1.54) is 0 Å². The lowest BCUT2D eigenvalue weighted by atomic mass is 10.1. The van der Waals surface area contributed by atoms with Crippen molar-refractivity contribution in [1.82, 2.24) is 4.57 Å². The van der Waals surface area contributed by atoms with Crippen LogP contribution in [0.5, 0.6) is 0 Å². The smallest absolute Gasteiger partial charge is 0.256 e. The van der Waals surface area contributed by atoms with Crippen LogP contribution in [0.1, 0.15) is 18.5 Å². The molecule has 2 N–H and O–H groups in total. The Kier molecular flexibility index (Phi) is 2.94. The van der Waals surface area contributed by atoms with E-state index in [9.17, 15) is 4.79 Å². The van der Waals surface area contributed by atoms with Crippen LogP contribution in [-0.2, 0) is 6.54 Å². The first-order chi connectivity index (χ1) is 8.19. The van der Waals surface area contributed by atoms with Crippen molar-refractivity contribution in [2.24, 2.45) is 5.73 Å². The van der Waals surface area contributed by atoms with Gasteiger partial charge in [0.25, 0.3) is 5.56 Å². The maximum absolute atomic E-state index is 12.1. The lowest BCUT2D eigenvalue weighted by molar-refractivity contribution is 0.737. The molecule has 0 radical (unpaired) electrons. The minimum Gasteiger partial charge on any atom is -0.312 e. The number of nitrogens with zero attached hydrogens (tertiary/aromatic N) is 2. The monoisotopic (exact) mass is 227 g/mol. The van der Waals surface area contributed by atoms with Gasteiger partial charge in [-0.25, -0.2) is 0 Å². The van der Waals surface area contributed by atoms with Crippen molar-refractivity contribution < 1.29 is 0 Å². The highest BCUT2D eigenvalue weighted by molar-refractivity contribution is 5.79.